The molecule has 0 radical (unpaired) electrons. The Morgan fingerprint density at radius 2 is 2.05 bits per heavy atom. The van der Waals surface area contributed by atoms with Crippen molar-refractivity contribution in [2.24, 2.45) is 5.92 Å². The van der Waals surface area contributed by atoms with Crippen LogP contribution in [0.1, 0.15) is 37.3 Å². The summed E-state index contributed by atoms with van der Waals surface area (Å²) in [5, 5.41) is 5.88. The van der Waals surface area contributed by atoms with E-state index >= 15 is 0 Å². The van der Waals surface area contributed by atoms with E-state index < -0.39 is 0 Å². The average Bonchev–Trinajstić information content (AvgIpc) is 3.16. The van der Waals surface area contributed by atoms with Gasteiger partial charge < -0.3 is 15.4 Å². The molecule has 2 atom stereocenters. The van der Waals surface area contributed by atoms with Crippen molar-refractivity contribution in [1.82, 2.24) is 10.6 Å². The molecule has 4 nitrogen and oxygen atoms in total. The van der Waals surface area contributed by atoms with Gasteiger partial charge >= 0.3 is 6.03 Å². The largest absolute Gasteiger partial charge is 0.376 e. The highest BCUT2D eigenvalue weighted by Crippen LogP contribution is 2.28. The van der Waals surface area contributed by atoms with Crippen LogP contribution in [0.5, 0.6) is 0 Å². The minimum atomic E-state index is -0.275. The number of hydrogen-bond acceptors (Lipinski definition) is 2. The standard InChI is InChI=1S/C16H21FN2O2/c17-13-7-5-12(6-8-13)15(14-2-1-9-21-14)19-16(20)18-10-11-3-4-11/h5-8,11,14-15H,1-4,9-10H2,(H2,18,19,20)/t14-,15+/m1/s1. The van der Waals surface area contributed by atoms with Gasteiger partial charge in [-0.05, 0) is 49.3 Å². The van der Waals surface area contributed by atoms with Crippen molar-refractivity contribution in [2.45, 2.75) is 37.8 Å². The summed E-state index contributed by atoms with van der Waals surface area (Å²) in [7, 11) is 0. The summed E-state index contributed by atoms with van der Waals surface area (Å²) in [6.07, 6.45) is 4.27. The lowest BCUT2D eigenvalue weighted by Gasteiger charge is -2.25. The van der Waals surface area contributed by atoms with Crippen LogP contribution in [-0.4, -0.2) is 25.3 Å². The van der Waals surface area contributed by atoms with Gasteiger partial charge in [0.2, 0.25) is 0 Å². The molecule has 0 unspecified atom stereocenters. The van der Waals surface area contributed by atoms with Crippen LogP contribution in [0.15, 0.2) is 24.3 Å². The van der Waals surface area contributed by atoms with Crippen LogP contribution < -0.4 is 10.6 Å². The molecule has 114 valence electrons. The Morgan fingerprint density at radius 1 is 1.29 bits per heavy atom. The zero-order valence-electron chi connectivity index (χ0n) is 12.0. The van der Waals surface area contributed by atoms with Gasteiger partial charge in [0.15, 0.2) is 0 Å². The Kier molecular flexibility index (Phi) is 4.39. The van der Waals surface area contributed by atoms with Crippen molar-refractivity contribution >= 4 is 6.03 Å². The SMILES string of the molecule is O=C(NCC1CC1)N[C@@H](c1ccc(F)cc1)[C@H]1CCCO1. The van der Waals surface area contributed by atoms with Crippen molar-refractivity contribution < 1.29 is 13.9 Å². The number of halogens is 1. The molecule has 0 bridgehead atoms. The number of carbonyl (C=O) groups is 1. The maximum Gasteiger partial charge on any atom is 0.315 e. The molecule has 0 spiro atoms. The topological polar surface area (TPSA) is 50.4 Å². The van der Waals surface area contributed by atoms with Crippen LogP contribution in [0.3, 0.4) is 0 Å². The number of hydrogen-bond donors (Lipinski definition) is 2. The van der Waals surface area contributed by atoms with Crippen LogP contribution >= 0.6 is 0 Å². The van der Waals surface area contributed by atoms with E-state index in [2.05, 4.69) is 10.6 Å². The fourth-order valence-corrected chi connectivity index (χ4v) is 2.68. The zero-order valence-corrected chi connectivity index (χ0v) is 12.0. The average molecular weight is 292 g/mol. The van der Waals surface area contributed by atoms with Crippen LogP contribution in [-0.2, 0) is 4.74 Å². The van der Waals surface area contributed by atoms with Gasteiger partial charge in [-0.3, -0.25) is 0 Å². The molecule has 1 aliphatic heterocycles. The second-order valence-electron chi connectivity index (χ2n) is 5.88. The third-order valence-corrected chi connectivity index (χ3v) is 4.10. The first-order valence-corrected chi connectivity index (χ1v) is 7.64. The predicted octanol–water partition coefficient (Wildman–Crippen LogP) is 2.76. The van der Waals surface area contributed by atoms with E-state index in [9.17, 15) is 9.18 Å². The molecule has 0 aromatic heterocycles. The Balaban J connectivity index is 1.65. The van der Waals surface area contributed by atoms with Gasteiger partial charge in [0.05, 0.1) is 12.1 Å². The molecule has 2 fully saturated rings. The molecular formula is C16H21FN2O2. The van der Waals surface area contributed by atoms with E-state index in [0.717, 1.165) is 24.9 Å². The lowest BCUT2D eigenvalue weighted by atomic mass is 9.99. The first-order valence-electron chi connectivity index (χ1n) is 7.64. The second-order valence-corrected chi connectivity index (χ2v) is 5.88. The van der Waals surface area contributed by atoms with E-state index in [1.54, 1.807) is 12.1 Å². The minimum absolute atomic E-state index is 0.0397. The number of nitrogens with one attached hydrogen (secondary N) is 2. The van der Waals surface area contributed by atoms with Gasteiger partial charge in [-0.2, -0.15) is 0 Å². The predicted molar refractivity (Wildman–Crippen MR) is 77.4 cm³/mol. The maximum atomic E-state index is 13.1. The molecule has 1 saturated carbocycles. The van der Waals surface area contributed by atoms with E-state index in [4.69, 9.17) is 4.74 Å². The number of ether oxygens (including phenoxy) is 1. The molecule has 2 aliphatic rings. The Bertz CT molecular complexity index is 482. The van der Waals surface area contributed by atoms with Crippen molar-refractivity contribution in [2.75, 3.05) is 13.2 Å². The smallest absolute Gasteiger partial charge is 0.315 e. The molecule has 1 heterocycles. The first-order chi connectivity index (χ1) is 10.2. The van der Waals surface area contributed by atoms with Crippen molar-refractivity contribution in [3.63, 3.8) is 0 Å². The molecule has 5 heteroatoms. The van der Waals surface area contributed by atoms with Gasteiger partial charge in [-0.25, -0.2) is 9.18 Å². The highest BCUT2D eigenvalue weighted by Gasteiger charge is 2.29. The molecule has 2 N–H and O–H groups in total. The quantitative estimate of drug-likeness (QED) is 0.876. The van der Waals surface area contributed by atoms with Crippen LogP contribution in [0, 0.1) is 11.7 Å². The van der Waals surface area contributed by atoms with Crippen LogP contribution in [0.4, 0.5) is 9.18 Å². The summed E-state index contributed by atoms with van der Waals surface area (Å²) in [4.78, 5) is 12.0. The summed E-state index contributed by atoms with van der Waals surface area (Å²) in [6, 6.07) is 5.85. The van der Waals surface area contributed by atoms with Gasteiger partial charge in [0, 0.05) is 13.2 Å². The van der Waals surface area contributed by atoms with Gasteiger partial charge in [-0.1, -0.05) is 12.1 Å². The fourth-order valence-electron chi connectivity index (χ4n) is 2.68. The van der Waals surface area contributed by atoms with Crippen LogP contribution in [0.25, 0.3) is 0 Å². The van der Waals surface area contributed by atoms with E-state index in [1.165, 1.54) is 25.0 Å². The molecule has 21 heavy (non-hydrogen) atoms. The summed E-state index contributed by atoms with van der Waals surface area (Å²) in [5.74, 6) is 0.366. The Morgan fingerprint density at radius 3 is 2.67 bits per heavy atom. The van der Waals surface area contributed by atoms with Crippen molar-refractivity contribution in [3.8, 4) is 0 Å². The molecule has 1 aromatic rings. The van der Waals surface area contributed by atoms with E-state index in [-0.39, 0.29) is 24.0 Å². The summed E-state index contributed by atoms with van der Waals surface area (Å²) < 4.78 is 18.8. The molecule has 2 amide bonds. The lowest BCUT2D eigenvalue weighted by molar-refractivity contribution is 0.0807. The second kappa shape index (κ2) is 6.43. The number of carbonyl (C=O) groups excluding carboxylic acids is 1. The van der Waals surface area contributed by atoms with E-state index in [1.807, 2.05) is 0 Å². The molecule has 3 rings (SSSR count). The number of urea groups is 1. The highest BCUT2D eigenvalue weighted by atomic mass is 19.1. The fraction of sp³-hybridized carbons (Fsp3) is 0.562. The molecular weight excluding hydrogens is 271 g/mol. The Hall–Kier alpha value is -1.62. The van der Waals surface area contributed by atoms with Crippen molar-refractivity contribution in [1.29, 1.82) is 0 Å². The summed E-state index contributed by atoms with van der Waals surface area (Å²) >= 11 is 0. The normalized spacial score (nSPS) is 22.8. The monoisotopic (exact) mass is 292 g/mol. The Labute approximate surface area is 124 Å². The third-order valence-electron chi connectivity index (χ3n) is 4.10. The highest BCUT2D eigenvalue weighted by molar-refractivity contribution is 5.74. The lowest BCUT2D eigenvalue weighted by Crippen LogP contribution is -2.42. The maximum absolute atomic E-state index is 13.1. The molecule has 1 saturated heterocycles. The number of rotatable bonds is 5. The molecule has 1 aliphatic carbocycles. The number of amides is 2. The van der Waals surface area contributed by atoms with Gasteiger partial charge in [0.25, 0.3) is 0 Å². The van der Waals surface area contributed by atoms with Gasteiger partial charge in [0.1, 0.15) is 5.82 Å². The minimum Gasteiger partial charge on any atom is -0.376 e. The van der Waals surface area contributed by atoms with Crippen LogP contribution in [0.2, 0.25) is 0 Å². The summed E-state index contributed by atoms with van der Waals surface area (Å²) in [5.41, 5.74) is 0.880. The molecule has 1 aromatic carbocycles. The van der Waals surface area contributed by atoms with Crippen molar-refractivity contribution in [3.05, 3.63) is 35.6 Å². The zero-order chi connectivity index (χ0) is 14.7. The van der Waals surface area contributed by atoms with E-state index in [0.29, 0.717) is 12.5 Å². The van der Waals surface area contributed by atoms with Gasteiger partial charge in [-0.15, -0.1) is 0 Å². The first kappa shape index (κ1) is 14.3. The number of benzene rings is 1. The third kappa shape index (κ3) is 3.94. The summed E-state index contributed by atoms with van der Waals surface area (Å²) in [6.45, 7) is 1.45.